The average molecular weight is 327 g/mol. The number of esters is 1. The number of hydrogen-bond acceptors (Lipinski definition) is 5. The molecule has 0 aliphatic rings. The van der Waals surface area contributed by atoms with E-state index in [2.05, 4.69) is 10.0 Å². The summed E-state index contributed by atoms with van der Waals surface area (Å²) in [7, 11) is 4.40. The van der Waals surface area contributed by atoms with Crippen molar-refractivity contribution in [3.63, 3.8) is 0 Å². The summed E-state index contributed by atoms with van der Waals surface area (Å²) in [5.74, 6) is 0.703. The Morgan fingerprint density at radius 2 is 1.67 bits per heavy atom. The Bertz CT molecular complexity index is 798. The molecule has 0 bridgehead atoms. The summed E-state index contributed by atoms with van der Waals surface area (Å²) in [6, 6.07) is 10.5. The van der Waals surface area contributed by atoms with Gasteiger partial charge < -0.3 is 14.2 Å². The molecule has 0 atom stereocenters. The molecule has 0 spiro atoms. The highest BCUT2D eigenvalue weighted by Crippen LogP contribution is 2.33. The lowest BCUT2D eigenvalue weighted by atomic mass is 9.95. The zero-order chi connectivity index (χ0) is 17.5. The average Bonchev–Trinajstić information content (AvgIpc) is 2.64. The molecule has 24 heavy (non-hydrogen) atoms. The molecule has 0 heterocycles. The summed E-state index contributed by atoms with van der Waals surface area (Å²) in [4.78, 5) is 14.9. The molecule has 2 aromatic rings. The minimum atomic E-state index is -0.477. The number of rotatable bonds is 6. The molecule has 2 rings (SSSR count). The number of carbonyl (C=O) groups is 1. The highest BCUT2D eigenvalue weighted by atomic mass is 16.5. The fraction of sp³-hybridized carbons (Fsp3) is 0.235. The maximum atomic E-state index is 12.1. The topological polar surface area (TPSA) is 93.5 Å². The second-order valence-electron chi connectivity index (χ2n) is 4.82. The van der Waals surface area contributed by atoms with Crippen molar-refractivity contribution in [3.8, 4) is 22.6 Å². The fourth-order valence-corrected chi connectivity index (χ4v) is 2.36. The summed E-state index contributed by atoms with van der Waals surface area (Å²) in [5, 5.41) is 3.62. The van der Waals surface area contributed by atoms with E-state index in [1.807, 2.05) is 6.07 Å². The van der Waals surface area contributed by atoms with Gasteiger partial charge in [-0.2, -0.15) is 0 Å². The van der Waals surface area contributed by atoms with E-state index in [1.165, 1.54) is 14.2 Å². The number of nitrogens with zero attached hydrogens (tertiary/aromatic N) is 3. The van der Waals surface area contributed by atoms with E-state index in [0.717, 1.165) is 11.1 Å². The predicted molar refractivity (Wildman–Crippen MR) is 89.2 cm³/mol. The largest absolute Gasteiger partial charge is 0.497 e. The zero-order valence-corrected chi connectivity index (χ0v) is 13.6. The third kappa shape index (κ3) is 3.59. The minimum Gasteiger partial charge on any atom is -0.497 e. The second-order valence-corrected chi connectivity index (χ2v) is 4.82. The van der Waals surface area contributed by atoms with Crippen molar-refractivity contribution >= 4 is 5.97 Å². The van der Waals surface area contributed by atoms with E-state index < -0.39 is 5.97 Å². The monoisotopic (exact) mass is 327 g/mol. The van der Waals surface area contributed by atoms with Gasteiger partial charge in [0.05, 0.1) is 33.4 Å². The summed E-state index contributed by atoms with van der Waals surface area (Å²) < 4.78 is 15.3. The maximum Gasteiger partial charge on any atom is 0.338 e. The van der Waals surface area contributed by atoms with Crippen LogP contribution in [0, 0.1) is 0 Å². The van der Waals surface area contributed by atoms with Gasteiger partial charge in [-0.25, -0.2) is 4.79 Å². The van der Waals surface area contributed by atoms with Gasteiger partial charge in [0, 0.05) is 4.91 Å². The van der Waals surface area contributed by atoms with Crippen LogP contribution in [0.3, 0.4) is 0 Å². The normalized spacial score (nSPS) is 9.79. The fourth-order valence-electron chi connectivity index (χ4n) is 2.36. The van der Waals surface area contributed by atoms with Gasteiger partial charge in [0.25, 0.3) is 0 Å². The predicted octanol–water partition coefficient (Wildman–Crippen LogP) is 3.97. The molecule has 0 amide bonds. The molecule has 0 radical (unpaired) electrons. The maximum absolute atomic E-state index is 12.1. The molecular formula is C17H17N3O4. The van der Waals surface area contributed by atoms with Crippen molar-refractivity contribution in [3.05, 3.63) is 58.0 Å². The van der Waals surface area contributed by atoms with Crippen LogP contribution in [0.5, 0.6) is 11.5 Å². The molecule has 7 heteroatoms. The quantitative estimate of drug-likeness (QED) is 0.347. The van der Waals surface area contributed by atoms with Crippen molar-refractivity contribution in [2.45, 2.75) is 6.54 Å². The molecule has 7 nitrogen and oxygen atoms in total. The molecule has 0 unspecified atom stereocenters. The first-order valence-corrected chi connectivity index (χ1v) is 7.09. The van der Waals surface area contributed by atoms with Gasteiger partial charge in [0.1, 0.15) is 11.5 Å². The van der Waals surface area contributed by atoms with Crippen LogP contribution in [0.4, 0.5) is 0 Å². The molecular weight excluding hydrogens is 310 g/mol. The van der Waals surface area contributed by atoms with Gasteiger partial charge in [-0.3, -0.25) is 0 Å². The third-order valence-electron chi connectivity index (χ3n) is 3.54. The number of hydrogen-bond donors (Lipinski definition) is 0. The van der Waals surface area contributed by atoms with E-state index in [-0.39, 0.29) is 6.54 Å². The Hall–Kier alpha value is -3.18. The molecule has 0 aromatic heterocycles. The van der Waals surface area contributed by atoms with E-state index in [9.17, 15) is 4.79 Å². The molecule has 0 saturated carbocycles. The van der Waals surface area contributed by atoms with Gasteiger partial charge in [-0.05, 0) is 52.6 Å². The highest BCUT2D eigenvalue weighted by Gasteiger charge is 2.17. The van der Waals surface area contributed by atoms with E-state index >= 15 is 0 Å². The van der Waals surface area contributed by atoms with Gasteiger partial charge >= 0.3 is 5.97 Å². The Balaban J connectivity index is 2.66. The zero-order valence-electron chi connectivity index (χ0n) is 13.6. The van der Waals surface area contributed by atoms with Crippen LogP contribution < -0.4 is 9.47 Å². The van der Waals surface area contributed by atoms with Gasteiger partial charge in [0.2, 0.25) is 0 Å². The summed E-state index contributed by atoms with van der Waals surface area (Å²) in [5.41, 5.74) is 11.1. The van der Waals surface area contributed by atoms with Crippen LogP contribution in [0.1, 0.15) is 15.9 Å². The summed E-state index contributed by atoms with van der Waals surface area (Å²) in [6.07, 6.45) is 0. The van der Waals surface area contributed by atoms with Gasteiger partial charge in [-0.15, -0.1) is 0 Å². The van der Waals surface area contributed by atoms with Crippen LogP contribution in [-0.2, 0) is 11.3 Å². The van der Waals surface area contributed by atoms with Crippen molar-refractivity contribution in [2.75, 3.05) is 21.3 Å². The first kappa shape index (κ1) is 17.2. The molecule has 0 aliphatic heterocycles. The summed E-state index contributed by atoms with van der Waals surface area (Å²) in [6.45, 7) is 0.135. The van der Waals surface area contributed by atoms with Crippen LogP contribution in [-0.4, -0.2) is 27.3 Å². The lowest BCUT2D eigenvalue weighted by Crippen LogP contribution is -2.05. The first-order valence-electron chi connectivity index (χ1n) is 7.09. The van der Waals surface area contributed by atoms with Crippen LogP contribution in [0.25, 0.3) is 21.6 Å². The standard InChI is InChI=1S/C17H17N3O4/c1-22-12-4-6-14(11(8-12)10-19-20-18)15-7-5-13(23-2)9-16(15)17(21)24-3/h4-9H,10H2,1-3H3. The minimum absolute atomic E-state index is 0.135. The SMILES string of the molecule is COC(=O)c1cc(OC)ccc1-c1ccc(OC)cc1CN=[N+]=[N-]. The van der Waals surface area contributed by atoms with Crippen LogP contribution in [0.15, 0.2) is 41.5 Å². The molecule has 124 valence electrons. The third-order valence-corrected chi connectivity index (χ3v) is 3.54. The van der Waals surface area contributed by atoms with Gasteiger partial charge in [0.15, 0.2) is 0 Å². The molecule has 0 saturated heterocycles. The Kier molecular flexibility index (Phi) is 5.65. The van der Waals surface area contributed by atoms with Crippen molar-refractivity contribution in [2.24, 2.45) is 5.11 Å². The van der Waals surface area contributed by atoms with E-state index in [0.29, 0.717) is 22.6 Å². The summed E-state index contributed by atoms with van der Waals surface area (Å²) >= 11 is 0. The lowest BCUT2D eigenvalue weighted by molar-refractivity contribution is 0.0601. The Morgan fingerprint density at radius 3 is 2.25 bits per heavy atom. The molecule has 0 fully saturated rings. The Labute approximate surface area is 139 Å². The van der Waals surface area contributed by atoms with Crippen LogP contribution >= 0.6 is 0 Å². The molecule has 0 N–H and O–H groups in total. The first-order chi connectivity index (χ1) is 11.6. The number of methoxy groups -OCH3 is 3. The Morgan fingerprint density at radius 1 is 1.04 bits per heavy atom. The van der Waals surface area contributed by atoms with E-state index in [4.69, 9.17) is 19.7 Å². The number of azide groups is 1. The van der Waals surface area contributed by atoms with Crippen molar-refractivity contribution in [1.82, 2.24) is 0 Å². The van der Waals surface area contributed by atoms with Crippen molar-refractivity contribution in [1.29, 1.82) is 0 Å². The number of ether oxygens (including phenoxy) is 3. The molecule has 0 aliphatic carbocycles. The molecule has 2 aromatic carbocycles. The lowest BCUT2D eigenvalue weighted by Gasteiger charge is -2.14. The smallest absolute Gasteiger partial charge is 0.338 e. The highest BCUT2D eigenvalue weighted by molar-refractivity contribution is 5.98. The van der Waals surface area contributed by atoms with Crippen LogP contribution in [0.2, 0.25) is 0 Å². The second kappa shape index (κ2) is 7.89. The number of carbonyl (C=O) groups excluding carboxylic acids is 1. The van der Waals surface area contributed by atoms with Crippen molar-refractivity contribution < 1.29 is 19.0 Å². The van der Waals surface area contributed by atoms with E-state index in [1.54, 1.807) is 37.4 Å². The van der Waals surface area contributed by atoms with Gasteiger partial charge in [-0.1, -0.05) is 11.2 Å². The number of benzene rings is 2.